The zero-order valence-electron chi connectivity index (χ0n) is 17.1. The molecule has 0 saturated carbocycles. The van der Waals surface area contributed by atoms with Crippen LogP contribution < -0.4 is 15.8 Å². The van der Waals surface area contributed by atoms with Crippen LogP contribution in [0.4, 0.5) is 17.6 Å². The highest BCUT2D eigenvalue weighted by Gasteiger charge is 2.12. The van der Waals surface area contributed by atoms with Gasteiger partial charge < -0.3 is 20.5 Å². The maximum atomic E-state index is 12.2. The Morgan fingerprint density at radius 2 is 1.71 bits per heavy atom. The minimum atomic E-state index is -0.532. The van der Waals surface area contributed by atoms with Gasteiger partial charge in [0, 0.05) is 17.7 Å². The summed E-state index contributed by atoms with van der Waals surface area (Å²) < 4.78 is 10.5. The maximum Gasteiger partial charge on any atom is 0.306 e. The third-order valence-corrected chi connectivity index (χ3v) is 4.13. The summed E-state index contributed by atoms with van der Waals surface area (Å²) in [6.07, 6.45) is -0.0191. The molecule has 0 radical (unpaired) electrons. The third-order valence-electron chi connectivity index (χ3n) is 4.13. The highest BCUT2D eigenvalue weighted by Crippen LogP contribution is 2.15. The SMILES string of the molecule is CCOc1ccc(C(=O)CCC(=O)OCc2nc(N)nc(Nc3ccccc3)n2)cc1. The number of carbonyl (C=O) groups excluding carboxylic acids is 2. The molecule has 3 N–H and O–H groups in total. The molecule has 160 valence electrons. The second kappa shape index (κ2) is 10.7. The Kier molecular flexibility index (Phi) is 7.47. The van der Waals surface area contributed by atoms with Crippen LogP contribution in [-0.4, -0.2) is 33.3 Å². The van der Waals surface area contributed by atoms with E-state index in [0.717, 1.165) is 5.69 Å². The first-order valence-electron chi connectivity index (χ1n) is 9.77. The molecular formula is C22H23N5O4. The summed E-state index contributed by atoms with van der Waals surface area (Å²) in [5, 5.41) is 3.01. The Morgan fingerprint density at radius 1 is 0.968 bits per heavy atom. The fourth-order valence-corrected chi connectivity index (χ4v) is 2.69. The van der Waals surface area contributed by atoms with Crippen LogP contribution >= 0.6 is 0 Å². The third kappa shape index (κ3) is 6.77. The number of ether oxygens (including phenoxy) is 2. The van der Waals surface area contributed by atoms with Crippen molar-refractivity contribution in [3.63, 3.8) is 0 Å². The lowest BCUT2D eigenvalue weighted by atomic mass is 10.1. The number of esters is 1. The van der Waals surface area contributed by atoms with Gasteiger partial charge in [-0.05, 0) is 43.3 Å². The Hall–Kier alpha value is -4.01. The van der Waals surface area contributed by atoms with E-state index in [2.05, 4.69) is 20.3 Å². The van der Waals surface area contributed by atoms with Gasteiger partial charge in [-0.1, -0.05) is 18.2 Å². The second-order valence-electron chi connectivity index (χ2n) is 6.47. The molecular weight excluding hydrogens is 398 g/mol. The van der Waals surface area contributed by atoms with E-state index in [0.29, 0.717) is 17.9 Å². The molecule has 0 aliphatic carbocycles. The smallest absolute Gasteiger partial charge is 0.306 e. The number of nitrogens with one attached hydrogen (secondary N) is 1. The van der Waals surface area contributed by atoms with E-state index in [1.807, 2.05) is 37.3 Å². The standard InChI is InChI=1S/C22H23N5O4/c1-2-30-17-10-8-15(9-11-17)18(28)12-13-20(29)31-14-19-25-21(23)27-22(26-19)24-16-6-4-3-5-7-16/h3-11H,2,12-14H2,1H3,(H3,23,24,25,26,27). The van der Waals surface area contributed by atoms with Crippen LogP contribution in [0.5, 0.6) is 5.75 Å². The van der Waals surface area contributed by atoms with Gasteiger partial charge in [-0.2, -0.15) is 15.0 Å². The number of aromatic nitrogens is 3. The maximum absolute atomic E-state index is 12.2. The lowest BCUT2D eigenvalue weighted by molar-refractivity contribution is -0.145. The summed E-state index contributed by atoms with van der Waals surface area (Å²) in [4.78, 5) is 36.5. The van der Waals surface area contributed by atoms with Gasteiger partial charge in [0.15, 0.2) is 18.2 Å². The quantitative estimate of drug-likeness (QED) is 0.374. The van der Waals surface area contributed by atoms with Crippen molar-refractivity contribution in [1.82, 2.24) is 15.0 Å². The Labute approximate surface area is 179 Å². The van der Waals surface area contributed by atoms with Crippen molar-refractivity contribution in [3.8, 4) is 5.75 Å². The van der Waals surface area contributed by atoms with Crippen molar-refractivity contribution >= 4 is 29.3 Å². The molecule has 0 amide bonds. The number of rotatable bonds is 10. The van der Waals surface area contributed by atoms with Gasteiger partial charge in [0.2, 0.25) is 11.9 Å². The van der Waals surface area contributed by atoms with Crippen molar-refractivity contribution in [2.24, 2.45) is 0 Å². The number of carbonyl (C=O) groups is 2. The molecule has 0 aliphatic heterocycles. The first-order chi connectivity index (χ1) is 15.0. The van der Waals surface area contributed by atoms with E-state index >= 15 is 0 Å². The minimum absolute atomic E-state index is 0.00478. The number of para-hydroxylation sites is 1. The van der Waals surface area contributed by atoms with Crippen molar-refractivity contribution < 1.29 is 19.1 Å². The number of nitrogens with two attached hydrogens (primary N) is 1. The predicted molar refractivity (Wildman–Crippen MR) is 115 cm³/mol. The van der Waals surface area contributed by atoms with Gasteiger partial charge >= 0.3 is 5.97 Å². The van der Waals surface area contributed by atoms with E-state index in [-0.39, 0.29) is 43.0 Å². The van der Waals surface area contributed by atoms with Crippen LogP contribution in [0.2, 0.25) is 0 Å². The van der Waals surface area contributed by atoms with E-state index in [1.165, 1.54) is 0 Å². The average molecular weight is 421 g/mol. The van der Waals surface area contributed by atoms with Gasteiger partial charge in [-0.3, -0.25) is 9.59 Å². The summed E-state index contributed by atoms with van der Waals surface area (Å²) in [5.74, 6) is 0.462. The molecule has 0 saturated heterocycles. The number of hydrogen-bond donors (Lipinski definition) is 2. The van der Waals surface area contributed by atoms with Crippen LogP contribution in [0.25, 0.3) is 0 Å². The second-order valence-corrected chi connectivity index (χ2v) is 6.47. The summed E-state index contributed by atoms with van der Waals surface area (Å²) in [7, 11) is 0. The molecule has 0 spiro atoms. The van der Waals surface area contributed by atoms with Gasteiger partial charge in [-0.25, -0.2) is 0 Å². The number of nitrogen functional groups attached to an aromatic ring is 1. The van der Waals surface area contributed by atoms with E-state index in [9.17, 15) is 9.59 Å². The number of benzene rings is 2. The Morgan fingerprint density at radius 3 is 2.42 bits per heavy atom. The van der Waals surface area contributed by atoms with Crippen LogP contribution in [0.3, 0.4) is 0 Å². The van der Waals surface area contributed by atoms with Crippen molar-refractivity contribution in [2.45, 2.75) is 26.4 Å². The van der Waals surface area contributed by atoms with Gasteiger partial charge in [-0.15, -0.1) is 0 Å². The minimum Gasteiger partial charge on any atom is -0.494 e. The number of ketones is 1. The highest BCUT2D eigenvalue weighted by atomic mass is 16.5. The number of nitrogens with zero attached hydrogens (tertiary/aromatic N) is 3. The van der Waals surface area contributed by atoms with Crippen molar-refractivity contribution in [2.75, 3.05) is 17.7 Å². The summed E-state index contributed by atoms with van der Waals surface area (Å²) in [6.45, 7) is 2.26. The van der Waals surface area contributed by atoms with Crippen LogP contribution in [0.15, 0.2) is 54.6 Å². The normalized spacial score (nSPS) is 10.4. The van der Waals surface area contributed by atoms with Crippen molar-refractivity contribution in [3.05, 3.63) is 66.0 Å². The molecule has 1 heterocycles. The molecule has 0 unspecified atom stereocenters. The topological polar surface area (TPSA) is 129 Å². The Balaban J connectivity index is 1.49. The number of anilines is 3. The van der Waals surface area contributed by atoms with Crippen LogP contribution in [-0.2, 0) is 16.1 Å². The fourth-order valence-electron chi connectivity index (χ4n) is 2.69. The molecule has 0 atom stereocenters. The number of Topliss-reactive ketones (excluding diaryl/α,β-unsaturated/α-hetero) is 1. The first kappa shape index (κ1) is 21.7. The van der Waals surface area contributed by atoms with E-state index in [1.54, 1.807) is 24.3 Å². The van der Waals surface area contributed by atoms with E-state index in [4.69, 9.17) is 15.2 Å². The lowest BCUT2D eigenvalue weighted by Crippen LogP contribution is -2.12. The van der Waals surface area contributed by atoms with Crippen molar-refractivity contribution in [1.29, 1.82) is 0 Å². The molecule has 3 rings (SSSR count). The summed E-state index contributed by atoms with van der Waals surface area (Å²) >= 11 is 0. The zero-order chi connectivity index (χ0) is 22.1. The molecule has 0 bridgehead atoms. The molecule has 31 heavy (non-hydrogen) atoms. The van der Waals surface area contributed by atoms with E-state index < -0.39 is 5.97 Å². The molecule has 0 fully saturated rings. The molecule has 9 nitrogen and oxygen atoms in total. The van der Waals surface area contributed by atoms with Gasteiger partial charge in [0.1, 0.15) is 5.75 Å². The van der Waals surface area contributed by atoms with Crippen LogP contribution in [0.1, 0.15) is 35.9 Å². The first-order valence-corrected chi connectivity index (χ1v) is 9.77. The highest BCUT2D eigenvalue weighted by molar-refractivity contribution is 5.97. The van der Waals surface area contributed by atoms with Gasteiger partial charge in [0.25, 0.3) is 0 Å². The molecule has 1 aromatic heterocycles. The average Bonchev–Trinajstić information content (AvgIpc) is 2.77. The molecule has 9 heteroatoms. The predicted octanol–water partition coefficient (Wildman–Crippen LogP) is 3.30. The molecule has 3 aromatic rings. The molecule has 2 aromatic carbocycles. The summed E-state index contributed by atoms with van der Waals surface area (Å²) in [5.41, 5.74) is 7.01. The van der Waals surface area contributed by atoms with Gasteiger partial charge in [0.05, 0.1) is 13.0 Å². The monoisotopic (exact) mass is 421 g/mol. The van der Waals surface area contributed by atoms with Crippen LogP contribution in [0, 0.1) is 0 Å². The largest absolute Gasteiger partial charge is 0.494 e. The zero-order valence-corrected chi connectivity index (χ0v) is 17.1. The fraction of sp³-hybridized carbons (Fsp3) is 0.227. The molecule has 0 aliphatic rings. The summed E-state index contributed by atoms with van der Waals surface area (Å²) in [6, 6.07) is 16.1. The Bertz CT molecular complexity index is 1030. The lowest BCUT2D eigenvalue weighted by Gasteiger charge is -2.08. The number of hydrogen-bond acceptors (Lipinski definition) is 9.